The lowest BCUT2D eigenvalue weighted by Crippen LogP contribution is -2.43. The normalized spacial score (nSPS) is 22.8. The van der Waals surface area contributed by atoms with Crippen LogP contribution in [0.3, 0.4) is 0 Å². The number of methoxy groups -OCH3 is 2. The lowest BCUT2D eigenvalue weighted by Gasteiger charge is -2.36. The summed E-state index contributed by atoms with van der Waals surface area (Å²) in [5.74, 6) is 0.617. The first kappa shape index (κ1) is 16.7. The third-order valence-electron chi connectivity index (χ3n) is 4.05. The third-order valence-corrected chi connectivity index (χ3v) is 5.20. The summed E-state index contributed by atoms with van der Waals surface area (Å²) in [6.07, 6.45) is 1.45. The fourth-order valence-electron chi connectivity index (χ4n) is 2.65. The summed E-state index contributed by atoms with van der Waals surface area (Å²) in [5.41, 5.74) is 1.06. The molecule has 1 aromatic rings. The van der Waals surface area contributed by atoms with Crippen molar-refractivity contribution in [2.45, 2.75) is 39.5 Å². The van der Waals surface area contributed by atoms with Crippen molar-refractivity contribution in [1.82, 2.24) is 10.3 Å². The molecule has 5 nitrogen and oxygen atoms in total. The second-order valence-corrected chi connectivity index (χ2v) is 6.63. The van der Waals surface area contributed by atoms with E-state index in [2.05, 4.69) is 24.1 Å². The second-order valence-electron chi connectivity index (χ2n) is 5.57. The Balaban J connectivity index is 2.11. The fraction of sp³-hybridized carbons (Fsp3) is 0.800. The van der Waals surface area contributed by atoms with Crippen LogP contribution in [0.25, 0.3) is 0 Å². The van der Waals surface area contributed by atoms with Crippen LogP contribution in [0.5, 0.6) is 0 Å². The fourth-order valence-corrected chi connectivity index (χ4v) is 3.71. The Hall–Kier alpha value is -0.690. The monoisotopic (exact) mass is 313 g/mol. The maximum Gasteiger partial charge on any atom is 0.186 e. The molecule has 1 fully saturated rings. The van der Waals surface area contributed by atoms with E-state index in [1.807, 2.05) is 0 Å². The first-order valence-corrected chi connectivity index (χ1v) is 8.47. The van der Waals surface area contributed by atoms with Gasteiger partial charge in [-0.2, -0.15) is 0 Å². The molecule has 1 aliphatic heterocycles. The molecule has 120 valence electrons. The maximum atomic E-state index is 5.60. The zero-order valence-electron chi connectivity index (χ0n) is 13.5. The highest BCUT2D eigenvalue weighted by molar-refractivity contribution is 7.15. The molecule has 2 rings (SSSR count). The number of nitrogens with one attached hydrogen (secondary N) is 1. The number of nitrogens with zero attached hydrogens (tertiary/aromatic N) is 2. The molecule has 0 aromatic carbocycles. The van der Waals surface area contributed by atoms with Gasteiger partial charge >= 0.3 is 0 Å². The van der Waals surface area contributed by atoms with Gasteiger partial charge in [0.15, 0.2) is 5.13 Å². The van der Waals surface area contributed by atoms with E-state index in [1.165, 1.54) is 4.88 Å². The number of anilines is 1. The predicted octanol–water partition coefficient (Wildman–Crippen LogP) is 2.26. The molecule has 0 spiro atoms. The number of hydrogen-bond acceptors (Lipinski definition) is 6. The molecule has 1 saturated heterocycles. The van der Waals surface area contributed by atoms with Gasteiger partial charge < -0.3 is 19.7 Å². The van der Waals surface area contributed by atoms with E-state index in [4.69, 9.17) is 14.5 Å². The van der Waals surface area contributed by atoms with Crippen LogP contribution in [-0.4, -0.2) is 44.9 Å². The molecule has 6 heteroatoms. The van der Waals surface area contributed by atoms with E-state index in [9.17, 15) is 0 Å². The van der Waals surface area contributed by atoms with Crippen molar-refractivity contribution in [3.05, 3.63) is 10.6 Å². The second kappa shape index (κ2) is 8.08. The Morgan fingerprint density at radius 3 is 2.90 bits per heavy atom. The first-order valence-electron chi connectivity index (χ1n) is 7.65. The zero-order valence-corrected chi connectivity index (χ0v) is 14.3. The van der Waals surface area contributed by atoms with E-state index >= 15 is 0 Å². The lowest BCUT2D eigenvalue weighted by molar-refractivity contribution is 0.0498. The van der Waals surface area contributed by atoms with Crippen LogP contribution in [0.1, 0.15) is 30.8 Å². The number of thiazole rings is 1. The summed E-state index contributed by atoms with van der Waals surface area (Å²) in [4.78, 5) is 8.43. The molecule has 0 aliphatic carbocycles. The van der Waals surface area contributed by atoms with E-state index in [0.29, 0.717) is 18.6 Å². The van der Waals surface area contributed by atoms with Gasteiger partial charge in [-0.1, -0.05) is 13.8 Å². The molecule has 0 saturated carbocycles. The molecular formula is C15H27N3O2S. The molecule has 1 N–H and O–H groups in total. The van der Waals surface area contributed by atoms with Gasteiger partial charge in [-0.3, -0.25) is 0 Å². The molecule has 1 aromatic heterocycles. The summed E-state index contributed by atoms with van der Waals surface area (Å²) in [5, 5.41) is 4.48. The van der Waals surface area contributed by atoms with Crippen LogP contribution in [0.4, 0.5) is 5.13 Å². The summed E-state index contributed by atoms with van der Waals surface area (Å²) in [6.45, 7) is 8.78. The van der Waals surface area contributed by atoms with Gasteiger partial charge in [0.2, 0.25) is 0 Å². The lowest BCUT2D eigenvalue weighted by atomic mass is 9.96. The molecule has 1 aliphatic rings. The summed E-state index contributed by atoms with van der Waals surface area (Å²) >= 11 is 1.78. The number of aromatic nitrogens is 1. The molecule has 2 atom stereocenters. The van der Waals surface area contributed by atoms with E-state index in [-0.39, 0.29) is 0 Å². The van der Waals surface area contributed by atoms with Crippen molar-refractivity contribution in [3.63, 3.8) is 0 Å². The van der Waals surface area contributed by atoms with Crippen molar-refractivity contribution in [2.75, 3.05) is 38.8 Å². The molecule has 2 unspecified atom stereocenters. The smallest absolute Gasteiger partial charge is 0.186 e. The Kier molecular flexibility index (Phi) is 6.41. The summed E-state index contributed by atoms with van der Waals surface area (Å²) < 4.78 is 10.9. The van der Waals surface area contributed by atoms with E-state index in [0.717, 1.165) is 43.4 Å². The van der Waals surface area contributed by atoms with E-state index in [1.54, 1.807) is 25.6 Å². The predicted molar refractivity (Wildman–Crippen MR) is 87.0 cm³/mol. The zero-order chi connectivity index (χ0) is 15.2. The van der Waals surface area contributed by atoms with Gasteiger partial charge in [0.1, 0.15) is 0 Å². The van der Waals surface area contributed by atoms with E-state index < -0.39 is 0 Å². The number of piperidine rings is 1. The Morgan fingerprint density at radius 1 is 1.43 bits per heavy atom. The van der Waals surface area contributed by atoms with Crippen LogP contribution in [0.2, 0.25) is 0 Å². The Labute approximate surface area is 131 Å². The van der Waals surface area contributed by atoms with Gasteiger partial charge in [-0.05, 0) is 18.9 Å². The standard InChI is InChI=1S/C15H27N3O2S/c1-5-16-8-14-12(10-19-3)17-15(21-14)18-7-6-11(2)13(9-18)20-4/h11,13,16H,5-10H2,1-4H3. The molecular weight excluding hydrogens is 286 g/mol. The Morgan fingerprint density at radius 2 is 2.24 bits per heavy atom. The van der Waals surface area contributed by atoms with Crippen LogP contribution in [-0.2, 0) is 22.6 Å². The Bertz CT molecular complexity index is 439. The molecule has 0 radical (unpaired) electrons. The molecule has 2 heterocycles. The molecule has 0 bridgehead atoms. The minimum absolute atomic E-state index is 0.297. The molecule has 21 heavy (non-hydrogen) atoms. The third kappa shape index (κ3) is 4.16. The highest BCUT2D eigenvalue weighted by Crippen LogP contribution is 2.31. The maximum absolute atomic E-state index is 5.60. The SMILES string of the molecule is CCNCc1sc(N2CCC(C)C(OC)C2)nc1COC. The minimum Gasteiger partial charge on any atom is -0.379 e. The van der Waals surface area contributed by atoms with Crippen LogP contribution < -0.4 is 10.2 Å². The van der Waals surface area contributed by atoms with Crippen molar-refractivity contribution in [3.8, 4) is 0 Å². The van der Waals surface area contributed by atoms with Crippen molar-refractivity contribution in [1.29, 1.82) is 0 Å². The largest absolute Gasteiger partial charge is 0.379 e. The summed E-state index contributed by atoms with van der Waals surface area (Å²) in [7, 11) is 3.53. The van der Waals surface area contributed by atoms with Gasteiger partial charge in [0, 0.05) is 38.7 Å². The first-order chi connectivity index (χ1) is 10.2. The van der Waals surface area contributed by atoms with Gasteiger partial charge in [-0.15, -0.1) is 11.3 Å². The number of rotatable bonds is 7. The van der Waals surface area contributed by atoms with Crippen LogP contribution in [0.15, 0.2) is 0 Å². The highest BCUT2D eigenvalue weighted by atomic mass is 32.1. The average molecular weight is 313 g/mol. The average Bonchev–Trinajstić information content (AvgIpc) is 2.89. The van der Waals surface area contributed by atoms with Gasteiger partial charge in [0.25, 0.3) is 0 Å². The van der Waals surface area contributed by atoms with Crippen LogP contribution >= 0.6 is 11.3 Å². The summed E-state index contributed by atoms with van der Waals surface area (Å²) in [6, 6.07) is 0. The van der Waals surface area contributed by atoms with Crippen molar-refractivity contribution < 1.29 is 9.47 Å². The van der Waals surface area contributed by atoms with Gasteiger partial charge in [-0.25, -0.2) is 4.98 Å². The van der Waals surface area contributed by atoms with Crippen molar-refractivity contribution in [2.24, 2.45) is 5.92 Å². The number of hydrogen-bond donors (Lipinski definition) is 1. The van der Waals surface area contributed by atoms with Crippen LogP contribution in [0, 0.1) is 5.92 Å². The molecule has 0 amide bonds. The van der Waals surface area contributed by atoms with Crippen molar-refractivity contribution >= 4 is 16.5 Å². The minimum atomic E-state index is 0.297. The van der Waals surface area contributed by atoms with Gasteiger partial charge in [0.05, 0.1) is 18.4 Å². The topological polar surface area (TPSA) is 46.6 Å². The quantitative estimate of drug-likeness (QED) is 0.836. The highest BCUT2D eigenvalue weighted by Gasteiger charge is 2.28. The number of ether oxygens (including phenoxy) is 2.